The summed E-state index contributed by atoms with van der Waals surface area (Å²) in [4.78, 5) is 27.5. The number of hydrogen-bond donors (Lipinski definition) is 1. The van der Waals surface area contributed by atoms with Crippen LogP contribution >= 0.6 is 0 Å². The fourth-order valence-corrected chi connectivity index (χ4v) is 5.77. The van der Waals surface area contributed by atoms with Crippen LogP contribution in [0.15, 0.2) is 91.0 Å². The molecule has 6 heteroatoms. The van der Waals surface area contributed by atoms with E-state index >= 15 is 0 Å². The molecule has 1 N–H and O–H groups in total. The molecule has 48 heavy (non-hydrogen) atoms. The number of benzene rings is 4. The average molecular weight is 649 g/mol. The van der Waals surface area contributed by atoms with Crippen molar-refractivity contribution in [3.8, 4) is 5.75 Å². The summed E-state index contributed by atoms with van der Waals surface area (Å²) in [5.74, 6) is 1.24. The third-order valence-electron chi connectivity index (χ3n) is 8.12. The molecule has 0 aliphatic heterocycles. The van der Waals surface area contributed by atoms with Crippen molar-refractivity contribution in [2.24, 2.45) is 11.8 Å². The zero-order valence-electron chi connectivity index (χ0n) is 29.6. The topological polar surface area (TPSA) is 67.9 Å². The molecule has 0 unspecified atom stereocenters. The predicted octanol–water partition coefficient (Wildman–Crippen LogP) is 9.57. The summed E-state index contributed by atoms with van der Waals surface area (Å²) in [5, 5.41) is 3.09. The van der Waals surface area contributed by atoms with Gasteiger partial charge in [0.15, 0.2) is 0 Å². The number of carbonyl (C=O) groups excluding carboxylic acids is 2. The highest BCUT2D eigenvalue weighted by atomic mass is 16.5. The number of amides is 1. The summed E-state index contributed by atoms with van der Waals surface area (Å²) in [6.07, 6.45) is 2.93. The van der Waals surface area contributed by atoms with Crippen LogP contribution in [-0.2, 0) is 35.5 Å². The molecule has 0 saturated carbocycles. The molecule has 1 amide bonds. The van der Waals surface area contributed by atoms with Crippen LogP contribution in [0.5, 0.6) is 5.75 Å². The van der Waals surface area contributed by atoms with E-state index in [0.717, 1.165) is 42.9 Å². The predicted molar refractivity (Wildman–Crippen MR) is 197 cm³/mol. The van der Waals surface area contributed by atoms with Gasteiger partial charge in [0.2, 0.25) is 0 Å². The number of hydrogen-bond acceptors (Lipinski definition) is 5. The number of para-hydroxylation sites is 1. The lowest BCUT2D eigenvalue weighted by atomic mass is 10.0. The highest BCUT2D eigenvalue weighted by Gasteiger charge is 2.16. The third kappa shape index (κ3) is 11.3. The first-order valence-electron chi connectivity index (χ1n) is 17.3. The first-order valence-corrected chi connectivity index (χ1v) is 17.3. The monoisotopic (exact) mass is 648 g/mol. The van der Waals surface area contributed by atoms with E-state index in [2.05, 4.69) is 98.6 Å². The number of aryl methyl sites for hydroxylation is 1. The van der Waals surface area contributed by atoms with Crippen LogP contribution in [0.25, 0.3) is 0 Å². The Labute approximate surface area is 287 Å². The normalized spacial score (nSPS) is 11.1. The van der Waals surface area contributed by atoms with E-state index in [1.807, 2.05) is 25.1 Å². The van der Waals surface area contributed by atoms with Crippen molar-refractivity contribution in [3.05, 3.63) is 124 Å². The lowest BCUT2D eigenvalue weighted by Gasteiger charge is -2.26. The van der Waals surface area contributed by atoms with Crippen molar-refractivity contribution in [1.29, 1.82) is 0 Å². The number of ether oxygens (including phenoxy) is 2. The van der Waals surface area contributed by atoms with Gasteiger partial charge < -0.3 is 19.7 Å². The quantitative estimate of drug-likeness (QED) is 0.0912. The van der Waals surface area contributed by atoms with Crippen LogP contribution in [0, 0.1) is 18.8 Å². The minimum absolute atomic E-state index is 0.244. The van der Waals surface area contributed by atoms with Gasteiger partial charge in [0.25, 0.3) is 5.91 Å². The zero-order chi connectivity index (χ0) is 34.5. The van der Waals surface area contributed by atoms with Gasteiger partial charge in [-0.25, -0.2) is 0 Å². The molecule has 0 spiro atoms. The highest BCUT2D eigenvalue weighted by molar-refractivity contribution is 6.06. The van der Waals surface area contributed by atoms with E-state index in [0.29, 0.717) is 42.8 Å². The first kappa shape index (κ1) is 36.3. The smallest absolute Gasteiger partial charge is 0.305 e. The summed E-state index contributed by atoms with van der Waals surface area (Å²) in [6.45, 7) is 15.0. The molecule has 4 rings (SSSR count). The van der Waals surface area contributed by atoms with Crippen molar-refractivity contribution < 1.29 is 19.1 Å². The standard InChI is InChI=1S/C42H52N2O4/c1-7-47-41(45)13-10-24-48-40-12-9-8-11-38(40)42(46)43-39-23-22-37(27-32(39)6)44(28-35-18-14-33(15-19-35)25-30(2)3)29-36-20-16-34(17-21-36)26-31(4)5/h8-9,11-12,14-23,27,30-31H,7,10,13,24-26,28-29H2,1-6H3,(H,43,46). The minimum Gasteiger partial charge on any atom is -0.493 e. The Morgan fingerprint density at radius 2 is 1.31 bits per heavy atom. The zero-order valence-corrected chi connectivity index (χ0v) is 29.6. The fraction of sp³-hybridized carbons (Fsp3) is 0.381. The molecule has 0 bridgehead atoms. The molecule has 0 aliphatic rings. The van der Waals surface area contributed by atoms with Crippen LogP contribution in [-0.4, -0.2) is 25.1 Å². The second kappa shape index (κ2) is 18.1. The van der Waals surface area contributed by atoms with Crippen LogP contribution in [0.2, 0.25) is 0 Å². The maximum absolute atomic E-state index is 13.4. The number of nitrogens with one attached hydrogen (secondary N) is 1. The SMILES string of the molecule is CCOC(=O)CCCOc1ccccc1C(=O)Nc1ccc(N(Cc2ccc(CC(C)C)cc2)Cc2ccc(CC(C)C)cc2)cc1C. The summed E-state index contributed by atoms with van der Waals surface area (Å²) in [7, 11) is 0. The van der Waals surface area contributed by atoms with Gasteiger partial charge in [-0.05, 0) is 103 Å². The lowest BCUT2D eigenvalue weighted by Crippen LogP contribution is -2.22. The molecule has 0 aliphatic carbocycles. The average Bonchev–Trinajstić information content (AvgIpc) is 3.05. The number of rotatable bonds is 17. The molecule has 4 aromatic carbocycles. The molecular weight excluding hydrogens is 596 g/mol. The maximum Gasteiger partial charge on any atom is 0.305 e. The van der Waals surface area contributed by atoms with E-state index in [-0.39, 0.29) is 18.3 Å². The van der Waals surface area contributed by atoms with Gasteiger partial charge in [-0.15, -0.1) is 0 Å². The lowest BCUT2D eigenvalue weighted by molar-refractivity contribution is -0.143. The fourth-order valence-electron chi connectivity index (χ4n) is 5.77. The molecular formula is C42H52N2O4. The maximum atomic E-state index is 13.4. The molecule has 0 aromatic heterocycles. The molecule has 4 aromatic rings. The van der Waals surface area contributed by atoms with Gasteiger partial charge in [-0.1, -0.05) is 88.4 Å². The van der Waals surface area contributed by atoms with Crippen molar-refractivity contribution in [2.75, 3.05) is 23.4 Å². The first-order chi connectivity index (χ1) is 23.1. The van der Waals surface area contributed by atoms with Crippen LogP contribution < -0.4 is 15.0 Å². The molecule has 0 atom stereocenters. The largest absolute Gasteiger partial charge is 0.493 e. The van der Waals surface area contributed by atoms with E-state index in [4.69, 9.17) is 9.47 Å². The summed E-state index contributed by atoms with van der Waals surface area (Å²) in [5.41, 5.74) is 8.49. The highest BCUT2D eigenvalue weighted by Crippen LogP contribution is 2.28. The Morgan fingerprint density at radius 3 is 1.85 bits per heavy atom. The second-order valence-electron chi connectivity index (χ2n) is 13.4. The number of carbonyl (C=O) groups is 2. The van der Waals surface area contributed by atoms with Gasteiger partial charge in [0.05, 0.1) is 18.8 Å². The van der Waals surface area contributed by atoms with Crippen molar-refractivity contribution in [2.45, 2.75) is 80.3 Å². The summed E-state index contributed by atoms with van der Waals surface area (Å²) >= 11 is 0. The van der Waals surface area contributed by atoms with Crippen molar-refractivity contribution >= 4 is 23.3 Å². The molecule has 254 valence electrons. The van der Waals surface area contributed by atoms with Crippen LogP contribution in [0.1, 0.15) is 85.6 Å². The molecule has 0 radical (unpaired) electrons. The van der Waals surface area contributed by atoms with E-state index < -0.39 is 0 Å². The van der Waals surface area contributed by atoms with Crippen LogP contribution in [0.3, 0.4) is 0 Å². The molecule has 6 nitrogen and oxygen atoms in total. The van der Waals surface area contributed by atoms with Crippen LogP contribution in [0.4, 0.5) is 11.4 Å². The van der Waals surface area contributed by atoms with Gasteiger partial charge in [-0.2, -0.15) is 0 Å². The number of nitrogens with zero attached hydrogens (tertiary/aromatic N) is 1. The Kier molecular flexibility index (Phi) is 13.7. The molecule has 0 heterocycles. The number of anilines is 2. The van der Waals surface area contributed by atoms with E-state index in [9.17, 15) is 9.59 Å². The van der Waals surface area contributed by atoms with Crippen molar-refractivity contribution in [1.82, 2.24) is 0 Å². The van der Waals surface area contributed by atoms with E-state index in [1.165, 1.54) is 22.3 Å². The molecule has 0 fully saturated rings. The Morgan fingerprint density at radius 1 is 0.750 bits per heavy atom. The van der Waals surface area contributed by atoms with Crippen molar-refractivity contribution in [3.63, 3.8) is 0 Å². The third-order valence-corrected chi connectivity index (χ3v) is 8.12. The minimum atomic E-state index is -0.247. The second-order valence-corrected chi connectivity index (χ2v) is 13.4. The Bertz CT molecular complexity index is 1550. The molecule has 0 saturated heterocycles. The Balaban J connectivity index is 1.50. The van der Waals surface area contributed by atoms with E-state index in [1.54, 1.807) is 19.1 Å². The van der Waals surface area contributed by atoms with Gasteiger partial charge in [0, 0.05) is 30.9 Å². The summed E-state index contributed by atoms with van der Waals surface area (Å²) < 4.78 is 10.9. The van der Waals surface area contributed by atoms with Gasteiger partial charge in [0.1, 0.15) is 5.75 Å². The summed E-state index contributed by atoms with van der Waals surface area (Å²) in [6, 6.07) is 31.4. The number of esters is 1. The van der Waals surface area contributed by atoms with Gasteiger partial charge >= 0.3 is 5.97 Å². The Hall–Kier alpha value is -4.58. The van der Waals surface area contributed by atoms with Gasteiger partial charge in [-0.3, -0.25) is 9.59 Å².